The quantitative estimate of drug-likeness (QED) is 0.395. The third-order valence-corrected chi connectivity index (χ3v) is 15.5. The van der Waals surface area contributed by atoms with Crippen LogP contribution in [0, 0.1) is 82.9 Å². The van der Waals surface area contributed by atoms with Crippen molar-refractivity contribution in [3.63, 3.8) is 0 Å². The lowest BCUT2D eigenvalue weighted by molar-refractivity contribution is -0.143. The minimum atomic E-state index is 0.0452. The van der Waals surface area contributed by atoms with Crippen molar-refractivity contribution in [2.45, 2.75) is 141 Å². The number of hydrogen-bond donors (Lipinski definition) is 1. The van der Waals surface area contributed by atoms with Crippen LogP contribution in [-0.4, -0.2) is 11.2 Å². The predicted molar refractivity (Wildman–Crippen MR) is 152 cm³/mol. The molecule has 8 saturated carbocycles. The molecule has 1 N–H and O–H groups in total. The second-order valence-corrected chi connectivity index (χ2v) is 16.3. The molecule has 14 unspecified atom stereocenters. The van der Waals surface area contributed by atoms with Crippen molar-refractivity contribution >= 4 is 0 Å². The Morgan fingerprint density at radius 2 is 0.784 bits per heavy atom. The van der Waals surface area contributed by atoms with Gasteiger partial charge >= 0.3 is 0 Å². The Kier molecular flexibility index (Phi) is 6.75. The zero-order chi connectivity index (χ0) is 24.5. The molecule has 8 aliphatic carbocycles. The van der Waals surface area contributed by atoms with Crippen molar-refractivity contribution in [2.75, 3.05) is 0 Å². The summed E-state index contributed by atoms with van der Waals surface area (Å²) in [4.78, 5) is 0. The fraction of sp³-hybridized carbons (Fsp3) is 1.00. The first-order chi connectivity index (χ1) is 18.3. The van der Waals surface area contributed by atoms with Gasteiger partial charge in [0.15, 0.2) is 0 Å². The maximum absolute atomic E-state index is 11.8. The highest BCUT2D eigenvalue weighted by Gasteiger charge is 2.59. The maximum atomic E-state index is 11.8. The smallest absolute Gasteiger partial charge is 0.0602 e. The zero-order valence-electron chi connectivity index (χ0n) is 24.0. The molecule has 8 fully saturated rings. The summed E-state index contributed by atoms with van der Waals surface area (Å²) in [5.74, 6) is 13.9. The van der Waals surface area contributed by atoms with Crippen LogP contribution in [0.15, 0.2) is 0 Å². The first kappa shape index (κ1) is 24.7. The molecule has 208 valence electrons. The topological polar surface area (TPSA) is 20.2 Å². The summed E-state index contributed by atoms with van der Waals surface area (Å²) in [7, 11) is 0. The molecule has 0 aliphatic heterocycles. The van der Waals surface area contributed by atoms with E-state index in [2.05, 4.69) is 0 Å². The summed E-state index contributed by atoms with van der Waals surface area (Å²) in [6.07, 6.45) is 31.8. The van der Waals surface area contributed by atoms with Gasteiger partial charge in [-0.05, 0) is 153 Å². The lowest BCUT2D eigenvalue weighted by atomic mass is 9.47. The Balaban J connectivity index is 1.06. The first-order valence-corrected chi connectivity index (χ1v) is 18.0. The average molecular weight is 507 g/mol. The summed E-state index contributed by atoms with van der Waals surface area (Å²) in [5, 5.41) is 11.8. The molecular formula is C36H58O. The van der Waals surface area contributed by atoms with E-state index in [0.29, 0.717) is 11.8 Å². The third-order valence-electron chi connectivity index (χ3n) is 15.5. The monoisotopic (exact) mass is 506 g/mol. The molecule has 0 bridgehead atoms. The van der Waals surface area contributed by atoms with Crippen molar-refractivity contribution in [1.29, 1.82) is 0 Å². The van der Waals surface area contributed by atoms with Crippen LogP contribution in [0.1, 0.15) is 135 Å². The fourth-order valence-corrected chi connectivity index (χ4v) is 14.5. The number of fused-ring (bicyclic) bond motifs is 5. The van der Waals surface area contributed by atoms with Gasteiger partial charge in [-0.1, -0.05) is 64.2 Å². The molecule has 0 radical (unpaired) electrons. The molecule has 8 aliphatic rings. The normalized spacial score (nSPS) is 56.0. The van der Waals surface area contributed by atoms with E-state index >= 15 is 0 Å². The largest absolute Gasteiger partial charge is 0.393 e. The maximum Gasteiger partial charge on any atom is 0.0602 e. The van der Waals surface area contributed by atoms with E-state index in [4.69, 9.17) is 0 Å². The standard InChI is InChI=1S/C36H58O/c37-36-31-14-7-6-13-29(31)34(22-9-2-1-3-10-22)33-21-23(17-18-32(33)36)24-19-20-30-26-12-5-4-11-25(26)28-16-8-15-27(24)35(28)30/h22-37H,1-21H2. The number of aliphatic hydroxyl groups excluding tert-OH is 1. The van der Waals surface area contributed by atoms with Crippen LogP contribution in [0.4, 0.5) is 0 Å². The first-order valence-electron chi connectivity index (χ1n) is 18.0. The summed E-state index contributed by atoms with van der Waals surface area (Å²) in [6, 6.07) is 0. The van der Waals surface area contributed by atoms with Crippen molar-refractivity contribution in [3.8, 4) is 0 Å². The van der Waals surface area contributed by atoms with Gasteiger partial charge in [-0.25, -0.2) is 0 Å². The Morgan fingerprint density at radius 3 is 1.54 bits per heavy atom. The fourth-order valence-electron chi connectivity index (χ4n) is 14.5. The minimum absolute atomic E-state index is 0.0452. The van der Waals surface area contributed by atoms with Crippen molar-refractivity contribution in [3.05, 3.63) is 0 Å². The molecule has 8 rings (SSSR count). The SMILES string of the molecule is OC1C2CCCCC2C(C2CCCCC2)C2CC(C3CCC4C5CCCCC5C5CCCC3C54)CCC12. The van der Waals surface area contributed by atoms with Crippen molar-refractivity contribution < 1.29 is 5.11 Å². The molecule has 1 heteroatoms. The molecule has 0 heterocycles. The van der Waals surface area contributed by atoms with E-state index in [9.17, 15) is 5.11 Å². The predicted octanol–water partition coefficient (Wildman–Crippen LogP) is 9.28. The molecule has 0 aromatic rings. The lowest BCUT2D eigenvalue weighted by Gasteiger charge is -2.59. The Bertz CT molecular complexity index is 784. The van der Waals surface area contributed by atoms with Gasteiger partial charge in [0.25, 0.3) is 0 Å². The van der Waals surface area contributed by atoms with Gasteiger partial charge < -0.3 is 5.11 Å². The zero-order valence-corrected chi connectivity index (χ0v) is 24.0. The Hall–Kier alpha value is -0.0400. The second-order valence-electron chi connectivity index (χ2n) is 16.3. The van der Waals surface area contributed by atoms with Gasteiger partial charge in [-0.2, -0.15) is 0 Å². The molecule has 0 spiro atoms. The van der Waals surface area contributed by atoms with Crippen LogP contribution in [0.3, 0.4) is 0 Å². The summed E-state index contributed by atoms with van der Waals surface area (Å²) < 4.78 is 0. The number of aliphatic hydroxyl groups is 1. The van der Waals surface area contributed by atoms with Gasteiger partial charge in [-0.15, -0.1) is 0 Å². The lowest BCUT2D eigenvalue weighted by Crippen LogP contribution is -2.55. The summed E-state index contributed by atoms with van der Waals surface area (Å²) in [6.45, 7) is 0. The van der Waals surface area contributed by atoms with E-state index in [1.54, 1.807) is 57.8 Å². The van der Waals surface area contributed by atoms with E-state index in [0.717, 1.165) is 71.0 Å². The molecule has 0 aromatic carbocycles. The van der Waals surface area contributed by atoms with Crippen LogP contribution in [0.25, 0.3) is 0 Å². The van der Waals surface area contributed by atoms with Gasteiger partial charge in [0, 0.05) is 0 Å². The Labute approximate surface area is 228 Å². The number of rotatable bonds is 2. The second kappa shape index (κ2) is 10.1. The molecule has 37 heavy (non-hydrogen) atoms. The van der Waals surface area contributed by atoms with E-state index in [-0.39, 0.29) is 6.10 Å². The van der Waals surface area contributed by atoms with E-state index in [1.807, 2.05) is 0 Å². The molecule has 0 aromatic heterocycles. The van der Waals surface area contributed by atoms with E-state index < -0.39 is 0 Å². The molecule has 0 saturated heterocycles. The molecule has 14 atom stereocenters. The van der Waals surface area contributed by atoms with E-state index in [1.165, 1.54) is 77.0 Å². The van der Waals surface area contributed by atoms with Crippen LogP contribution in [0.5, 0.6) is 0 Å². The molecule has 1 nitrogen and oxygen atoms in total. The average Bonchev–Trinajstić information content (AvgIpc) is 3.29. The van der Waals surface area contributed by atoms with Gasteiger partial charge in [0.1, 0.15) is 0 Å². The molecular weight excluding hydrogens is 448 g/mol. The van der Waals surface area contributed by atoms with Crippen molar-refractivity contribution in [1.82, 2.24) is 0 Å². The Morgan fingerprint density at radius 1 is 0.297 bits per heavy atom. The summed E-state index contributed by atoms with van der Waals surface area (Å²) in [5.41, 5.74) is 0. The highest BCUT2D eigenvalue weighted by atomic mass is 16.3. The number of hydrogen-bond acceptors (Lipinski definition) is 1. The van der Waals surface area contributed by atoms with Crippen LogP contribution in [-0.2, 0) is 0 Å². The van der Waals surface area contributed by atoms with Crippen LogP contribution in [0.2, 0.25) is 0 Å². The van der Waals surface area contributed by atoms with Gasteiger partial charge in [0.05, 0.1) is 6.10 Å². The van der Waals surface area contributed by atoms with Gasteiger partial charge in [-0.3, -0.25) is 0 Å². The van der Waals surface area contributed by atoms with Crippen molar-refractivity contribution in [2.24, 2.45) is 82.9 Å². The van der Waals surface area contributed by atoms with Crippen LogP contribution >= 0.6 is 0 Å². The summed E-state index contributed by atoms with van der Waals surface area (Å²) >= 11 is 0. The minimum Gasteiger partial charge on any atom is -0.393 e. The molecule has 0 amide bonds. The van der Waals surface area contributed by atoms with Crippen LogP contribution < -0.4 is 0 Å². The third kappa shape index (κ3) is 3.99. The highest BCUT2D eigenvalue weighted by Crippen LogP contribution is 2.66. The van der Waals surface area contributed by atoms with Gasteiger partial charge in [0.2, 0.25) is 0 Å². The highest BCUT2D eigenvalue weighted by molar-refractivity contribution is 5.08.